The second kappa shape index (κ2) is 5.00. The number of aliphatic hydroxyl groups excluding tert-OH is 1. The Morgan fingerprint density at radius 3 is 2.65 bits per heavy atom. The number of hydrogen-bond donors (Lipinski definition) is 1. The molecule has 0 aliphatic carbocycles. The van der Waals surface area contributed by atoms with Crippen molar-refractivity contribution in [1.82, 2.24) is 0 Å². The molecule has 5 heteroatoms. The Hall–Kier alpha value is -2.30. The smallest absolute Gasteiger partial charge is 0.315 e. The van der Waals surface area contributed by atoms with Crippen molar-refractivity contribution in [3.05, 3.63) is 41.7 Å². The highest BCUT2D eigenvalue weighted by molar-refractivity contribution is 6.12. The molecule has 5 nitrogen and oxygen atoms in total. The van der Waals surface area contributed by atoms with Gasteiger partial charge in [-0.25, -0.2) is 0 Å². The number of rotatable bonds is 2. The van der Waals surface area contributed by atoms with Crippen LogP contribution in [0.1, 0.15) is 24.2 Å². The van der Waals surface area contributed by atoms with Crippen LogP contribution in [-0.2, 0) is 9.53 Å². The number of ether oxygens (including phenoxy) is 2. The molecule has 1 atom stereocenters. The summed E-state index contributed by atoms with van der Waals surface area (Å²) in [5, 5.41) is 9.36. The third-order valence-electron chi connectivity index (χ3n) is 3.43. The maximum absolute atomic E-state index is 12.4. The summed E-state index contributed by atoms with van der Waals surface area (Å²) in [4.78, 5) is 24.2. The molecule has 1 unspecified atom stereocenters. The van der Waals surface area contributed by atoms with Gasteiger partial charge in [-0.05, 0) is 26.0 Å². The number of para-hydroxylation sites is 1. The Bertz CT molecular complexity index is 586. The molecule has 0 amide bonds. The SMILES string of the molecule is COC(=O)C(C)(C)C1Oc2ccccc2C(=O)/C1=C\O. The van der Waals surface area contributed by atoms with Crippen molar-refractivity contribution in [3.63, 3.8) is 0 Å². The van der Waals surface area contributed by atoms with Gasteiger partial charge in [0, 0.05) is 0 Å². The van der Waals surface area contributed by atoms with E-state index < -0.39 is 17.5 Å². The van der Waals surface area contributed by atoms with Gasteiger partial charge in [0.05, 0.1) is 24.5 Å². The van der Waals surface area contributed by atoms with Crippen molar-refractivity contribution < 1.29 is 24.2 Å². The van der Waals surface area contributed by atoms with E-state index in [4.69, 9.17) is 9.47 Å². The highest BCUT2D eigenvalue weighted by Crippen LogP contribution is 2.38. The van der Waals surface area contributed by atoms with Gasteiger partial charge in [-0.1, -0.05) is 12.1 Å². The number of carbonyl (C=O) groups is 2. The van der Waals surface area contributed by atoms with E-state index in [1.165, 1.54) is 7.11 Å². The minimum atomic E-state index is -1.10. The fourth-order valence-electron chi connectivity index (χ4n) is 2.25. The largest absolute Gasteiger partial charge is 0.515 e. The molecule has 1 aromatic carbocycles. The third kappa shape index (κ3) is 2.05. The van der Waals surface area contributed by atoms with Crippen LogP contribution in [0.2, 0.25) is 0 Å². The maximum atomic E-state index is 12.4. The van der Waals surface area contributed by atoms with Crippen molar-refractivity contribution in [2.45, 2.75) is 20.0 Å². The fourth-order valence-corrected chi connectivity index (χ4v) is 2.25. The van der Waals surface area contributed by atoms with Gasteiger partial charge in [0.25, 0.3) is 0 Å². The second-order valence-electron chi connectivity index (χ2n) is 5.12. The predicted octanol–water partition coefficient (Wildman–Crippen LogP) is 2.27. The van der Waals surface area contributed by atoms with E-state index in [-0.39, 0.29) is 11.4 Å². The van der Waals surface area contributed by atoms with Crippen LogP contribution in [0.5, 0.6) is 5.75 Å². The summed E-state index contributed by atoms with van der Waals surface area (Å²) in [6, 6.07) is 6.72. The van der Waals surface area contributed by atoms with Gasteiger partial charge in [0.1, 0.15) is 17.3 Å². The van der Waals surface area contributed by atoms with Crippen molar-refractivity contribution in [1.29, 1.82) is 0 Å². The van der Waals surface area contributed by atoms with Crippen molar-refractivity contribution >= 4 is 11.8 Å². The first-order chi connectivity index (χ1) is 9.43. The van der Waals surface area contributed by atoms with E-state index >= 15 is 0 Å². The van der Waals surface area contributed by atoms with Gasteiger partial charge in [0.2, 0.25) is 0 Å². The molecule has 2 rings (SSSR count). The first kappa shape index (κ1) is 14.1. The molecular formula is C15H16O5. The molecule has 1 heterocycles. The normalized spacial score (nSPS) is 20.2. The zero-order valence-electron chi connectivity index (χ0n) is 11.5. The Morgan fingerprint density at radius 1 is 1.40 bits per heavy atom. The fraction of sp³-hybridized carbons (Fsp3) is 0.333. The average Bonchev–Trinajstić information content (AvgIpc) is 2.46. The standard InChI is InChI=1S/C15H16O5/c1-15(2,14(18)19-3)13-10(8-16)12(17)9-6-4-5-7-11(9)20-13/h4-8,13,16H,1-3H3/b10-8+. The molecule has 106 valence electrons. The van der Waals surface area contributed by atoms with E-state index in [9.17, 15) is 14.7 Å². The van der Waals surface area contributed by atoms with Crippen LogP contribution in [0, 0.1) is 5.41 Å². The lowest BCUT2D eigenvalue weighted by atomic mass is 9.79. The maximum Gasteiger partial charge on any atom is 0.315 e. The Kier molecular flexibility index (Phi) is 3.53. The number of esters is 1. The number of hydrogen-bond acceptors (Lipinski definition) is 5. The van der Waals surface area contributed by atoms with Gasteiger partial charge in [0.15, 0.2) is 5.78 Å². The molecule has 0 radical (unpaired) electrons. The summed E-state index contributed by atoms with van der Waals surface area (Å²) in [6.07, 6.45) is -0.199. The number of aliphatic hydroxyl groups is 1. The molecule has 0 bridgehead atoms. The lowest BCUT2D eigenvalue weighted by Crippen LogP contribution is -2.46. The zero-order chi connectivity index (χ0) is 14.9. The highest BCUT2D eigenvalue weighted by Gasteiger charge is 2.47. The zero-order valence-corrected chi connectivity index (χ0v) is 11.5. The van der Waals surface area contributed by atoms with Crippen LogP contribution in [-0.4, -0.2) is 30.1 Å². The molecule has 1 aliphatic rings. The molecule has 20 heavy (non-hydrogen) atoms. The quantitative estimate of drug-likeness (QED) is 0.509. The monoisotopic (exact) mass is 276 g/mol. The lowest BCUT2D eigenvalue weighted by molar-refractivity contribution is -0.155. The molecule has 0 fully saturated rings. The van der Waals surface area contributed by atoms with Crippen LogP contribution < -0.4 is 4.74 Å². The van der Waals surface area contributed by atoms with E-state index in [1.54, 1.807) is 38.1 Å². The average molecular weight is 276 g/mol. The van der Waals surface area contributed by atoms with Crippen LogP contribution in [0.15, 0.2) is 36.1 Å². The summed E-state index contributed by atoms with van der Waals surface area (Å²) >= 11 is 0. The minimum absolute atomic E-state index is 0.0408. The van der Waals surface area contributed by atoms with E-state index in [1.807, 2.05) is 0 Å². The van der Waals surface area contributed by atoms with Crippen molar-refractivity contribution in [2.75, 3.05) is 7.11 Å². The summed E-state index contributed by atoms with van der Waals surface area (Å²) in [5.74, 6) is -0.476. The molecule has 1 aliphatic heterocycles. The molecule has 0 aromatic heterocycles. The van der Waals surface area contributed by atoms with Crippen molar-refractivity contribution in [3.8, 4) is 5.75 Å². The Labute approximate surface area is 116 Å². The topological polar surface area (TPSA) is 72.8 Å². The van der Waals surface area contributed by atoms with Crippen molar-refractivity contribution in [2.24, 2.45) is 5.41 Å². The Morgan fingerprint density at radius 2 is 2.05 bits per heavy atom. The predicted molar refractivity (Wildman–Crippen MR) is 71.7 cm³/mol. The van der Waals surface area contributed by atoms with E-state index in [0.717, 1.165) is 0 Å². The molecule has 0 spiro atoms. The number of ketones is 1. The third-order valence-corrected chi connectivity index (χ3v) is 3.43. The molecule has 0 saturated carbocycles. The molecule has 1 N–H and O–H groups in total. The number of Topliss-reactive ketones (excluding diaryl/α,β-unsaturated/α-hetero) is 1. The van der Waals surface area contributed by atoms with Gasteiger partial charge in [-0.3, -0.25) is 9.59 Å². The van der Waals surface area contributed by atoms with Crippen LogP contribution >= 0.6 is 0 Å². The number of fused-ring (bicyclic) bond motifs is 1. The number of carbonyl (C=O) groups excluding carboxylic acids is 2. The van der Waals surface area contributed by atoms with Crippen LogP contribution in [0.4, 0.5) is 0 Å². The van der Waals surface area contributed by atoms with E-state index in [2.05, 4.69) is 0 Å². The van der Waals surface area contributed by atoms with Crippen LogP contribution in [0.25, 0.3) is 0 Å². The summed E-state index contributed by atoms with van der Waals surface area (Å²) in [7, 11) is 1.27. The first-order valence-corrected chi connectivity index (χ1v) is 6.16. The van der Waals surface area contributed by atoms with Gasteiger partial charge in [-0.15, -0.1) is 0 Å². The highest BCUT2D eigenvalue weighted by atomic mass is 16.5. The number of benzene rings is 1. The molecule has 0 saturated heterocycles. The first-order valence-electron chi connectivity index (χ1n) is 6.16. The van der Waals surface area contributed by atoms with Gasteiger partial charge < -0.3 is 14.6 Å². The minimum Gasteiger partial charge on any atom is -0.515 e. The summed E-state index contributed by atoms with van der Waals surface area (Å²) in [6.45, 7) is 3.21. The second-order valence-corrected chi connectivity index (χ2v) is 5.12. The summed E-state index contributed by atoms with van der Waals surface area (Å²) < 4.78 is 10.5. The van der Waals surface area contributed by atoms with Crippen LogP contribution in [0.3, 0.4) is 0 Å². The van der Waals surface area contributed by atoms with Gasteiger partial charge in [-0.2, -0.15) is 0 Å². The van der Waals surface area contributed by atoms with E-state index in [0.29, 0.717) is 17.6 Å². The lowest BCUT2D eigenvalue weighted by Gasteiger charge is -2.36. The summed E-state index contributed by atoms with van der Waals surface area (Å²) in [5.41, 5.74) is -0.698. The molecular weight excluding hydrogens is 260 g/mol. The van der Waals surface area contributed by atoms with Gasteiger partial charge >= 0.3 is 5.97 Å². The number of methoxy groups -OCH3 is 1. The Balaban J connectivity index is 2.51. The molecule has 1 aromatic rings.